The first-order chi connectivity index (χ1) is 13.6. The number of nitrogens with one attached hydrogen (secondary N) is 1. The number of nitrogens with zero attached hydrogens (tertiary/aromatic N) is 3. The number of ether oxygens (including phenoxy) is 1. The Morgan fingerprint density at radius 2 is 2.14 bits per heavy atom. The van der Waals surface area contributed by atoms with Gasteiger partial charge in [-0.3, -0.25) is 4.79 Å². The first-order valence-corrected chi connectivity index (χ1v) is 8.86. The molecule has 7 nitrogen and oxygen atoms in total. The molecule has 2 N–H and O–H groups in total. The van der Waals surface area contributed by atoms with Gasteiger partial charge in [-0.1, -0.05) is 18.2 Å². The van der Waals surface area contributed by atoms with E-state index in [4.69, 9.17) is 4.74 Å². The highest BCUT2D eigenvalue weighted by Crippen LogP contribution is 2.26. The third-order valence-electron chi connectivity index (χ3n) is 4.80. The summed E-state index contributed by atoms with van der Waals surface area (Å²) in [4.78, 5) is 26.2. The van der Waals surface area contributed by atoms with Crippen LogP contribution in [0.1, 0.15) is 23.1 Å². The second-order valence-corrected chi connectivity index (χ2v) is 6.53. The summed E-state index contributed by atoms with van der Waals surface area (Å²) in [6.07, 6.45) is 0.676. The summed E-state index contributed by atoms with van der Waals surface area (Å²) >= 11 is 0. The van der Waals surface area contributed by atoms with E-state index in [1.54, 1.807) is 25.4 Å². The summed E-state index contributed by atoms with van der Waals surface area (Å²) in [6.45, 7) is 0.679. The molecule has 1 aliphatic heterocycles. The molecule has 1 aromatic carbocycles. The highest BCUT2D eigenvalue weighted by atomic mass is 19.1. The molecular formula is C20H19FN4O3. The summed E-state index contributed by atoms with van der Waals surface area (Å²) in [5, 5.41) is 10.3. The van der Waals surface area contributed by atoms with E-state index < -0.39 is 17.8 Å². The van der Waals surface area contributed by atoms with Crippen LogP contribution in [0.4, 0.5) is 4.39 Å². The van der Waals surface area contributed by atoms with Crippen molar-refractivity contribution in [1.82, 2.24) is 19.9 Å². The van der Waals surface area contributed by atoms with Gasteiger partial charge in [0, 0.05) is 36.4 Å². The maximum Gasteiger partial charge on any atom is 0.256 e. The van der Waals surface area contributed by atoms with Crippen LogP contribution in [0.3, 0.4) is 0 Å². The van der Waals surface area contributed by atoms with Gasteiger partial charge < -0.3 is 19.7 Å². The molecule has 3 heterocycles. The van der Waals surface area contributed by atoms with Crippen molar-refractivity contribution in [2.45, 2.75) is 19.1 Å². The number of benzene rings is 1. The van der Waals surface area contributed by atoms with E-state index in [1.165, 1.54) is 23.1 Å². The number of aliphatic hydroxyl groups excluding tert-OH is 1. The monoisotopic (exact) mass is 382 g/mol. The molecule has 0 fully saturated rings. The maximum absolute atomic E-state index is 13.9. The number of amides is 1. The van der Waals surface area contributed by atoms with E-state index in [0.717, 1.165) is 17.0 Å². The topological polar surface area (TPSA) is 91.3 Å². The number of H-pyrrole nitrogens is 1. The molecule has 3 aromatic rings. The number of aromatic nitrogens is 3. The minimum Gasteiger partial charge on any atom is -0.481 e. The number of rotatable bonds is 4. The van der Waals surface area contributed by atoms with Crippen LogP contribution in [0.2, 0.25) is 0 Å². The largest absolute Gasteiger partial charge is 0.481 e. The number of carbonyl (C=O) groups is 1. The molecule has 0 radical (unpaired) electrons. The molecule has 4 rings (SSSR count). The summed E-state index contributed by atoms with van der Waals surface area (Å²) in [5.74, 6) is 0.0398. The van der Waals surface area contributed by atoms with Crippen molar-refractivity contribution >= 4 is 5.91 Å². The Hall–Kier alpha value is -3.26. The van der Waals surface area contributed by atoms with E-state index in [-0.39, 0.29) is 12.1 Å². The van der Waals surface area contributed by atoms with Crippen molar-refractivity contribution in [2.75, 3.05) is 13.7 Å². The van der Waals surface area contributed by atoms with Crippen molar-refractivity contribution in [1.29, 1.82) is 0 Å². The summed E-state index contributed by atoms with van der Waals surface area (Å²) in [7, 11) is 1.55. The predicted molar refractivity (Wildman–Crippen MR) is 98.9 cm³/mol. The van der Waals surface area contributed by atoms with Gasteiger partial charge in [0.05, 0.1) is 25.0 Å². The first kappa shape index (κ1) is 18.1. The van der Waals surface area contributed by atoms with Gasteiger partial charge in [0.1, 0.15) is 11.6 Å². The van der Waals surface area contributed by atoms with Crippen molar-refractivity contribution in [2.24, 2.45) is 0 Å². The third-order valence-corrected chi connectivity index (χ3v) is 4.80. The number of hydrogen-bond donors (Lipinski definition) is 2. The number of carbonyl (C=O) groups excluding carboxylic acids is 1. The third kappa shape index (κ3) is 3.34. The molecule has 0 aliphatic carbocycles. The number of hydrogen-bond acceptors (Lipinski definition) is 5. The minimum absolute atomic E-state index is 0.0205. The molecule has 28 heavy (non-hydrogen) atoms. The molecule has 1 aliphatic rings. The van der Waals surface area contributed by atoms with E-state index in [1.807, 2.05) is 6.07 Å². The molecule has 1 atom stereocenters. The lowest BCUT2D eigenvalue weighted by molar-refractivity contribution is -0.141. The lowest BCUT2D eigenvalue weighted by atomic mass is 10.1. The molecule has 0 bridgehead atoms. The molecule has 0 saturated carbocycles. The van der Waals surface area contributed by atoms with Gasteiger partial charge >= 0.3 is 0 Å². The Morgan fingerprint density at radius 1 is 1.32 bits per heavy atom. The quantitative estimate of drug-likeness (QED) is 0.722. The summed E-state index contributed by atoms with van der Waals surface area (Å²) in [5.41, 5.74) is 2.45. The van der Waals surface area contributed by atoms with Crippen LogP contribution in [-0.4, -0.2) is 44.5 Å². The van der Waals surface area contributed by atoms with Crippen molar-refractivity contribution in [3.05, 3.63) is 65.4 Å². The number of imidazole rings is 1. The summed E-state index contributed by atoms with van der Waals surface area (Å²) in [6, 6.07) is 9.34. The van der Waals surface area contributed by atoms with Crippen LogP contribution in [0, 0.1) is 5.82 Å². The summed E-state index contributed by atoms with van der Waals surface area (Å²) < 4.78 is 18.9. The van der Waals surface area contributed by atoms with Crippen molar-refractivity contribution < 1.29 is 19.0 Å². The fraction of sp³-hybridized carbons (Fsp3) is 0.250. The van der Waals surface area contributed by atoms with Crippen LogP contribution in [0.5, 0.6) is 5.88 Å². The molecule has 1 unspecified atom stereocenters. The number of aliphatic hydroxyl groups is 1. The SMILES string of the molecule is COc1ccc(-c2nc3c([nH]2)CN(C(=O)C(O)c2ccccc2F)CC3)cn1. The molecule has 1 amide bonds. The zero-order chi connectivity index (χ0) is 19.7. The van der Waals surface area contributed by atoms with Gasteiger partial charge in [-0.15, -0.1) is 0 Å². The Bertz CT molecular complexity index is 1000. The van der Waals surface area contributed by atoms with Crippen molar-refractivity contribution in [3.8, 4) is 17.3 Å². The van der Waals surface area contributed by atoms with Gasteiger partial charge in [0.15, 0.2) is 6.10 Å². The molecule has 0 saturated heterocycles. The smallest absolute Gasteiger partial charge is 0.256 e. The zero-order valence-electron chi connectivity index (χ0n) is 15.2. The standard InChI is InChI=1S/C20H19FN4O3/c1-28-17-7-6-12(10-22-17)19-23-15-8-9-25(11-16(15)24-19)20(27)18(26)13-4-2-3-5-14(13)21/h2-7,10,18,26H,8-9,11H2,1H3,(H,23,24). The highest BCUT2D eigenvalue weighted by Gasteiger charge is 2.30. The normalized spacial score (nSPS) is 14.5. The van der Waals surface area contributed by atoms with Gasteiger partial charge in [-0.2, -0.15) is 0 Å². The zero-order valence-corrected chi connectivity index (χ0v) is 15.2. The minimum atomic E-state index is -1.53. The molecule has 0 spiro atoms. The molecule has 144 valence electrons. The highest BCUT2D eigenvalue weighted by molar-refractivity contribution is 5.82. The van der Waals surface area contributed by atoms with Gasteiger partial charge in [-0.25, -0.2) is 14.4 Å². The van der Waals surface area contributed by atoms with Gasteiger partial charge in [-0.05, 0) is 12.1 Å². The van der Waals surface area contributed by atoms with E-state index >= 15 is 0 Å². The van der Waals surface area contributed by atoms with Crippen LogP contribution in [0.25, 0.3) is 11.4 Å². The van der Waals surface area contributed by atoms with Gasteiger partial charge in [0.2, 0.25) is 5.88 Å². The average molecular weight is 382 g/mol. The Morgan fingerprint density at radius 3 is 2.86 bits per heavy atom. The Labute approximate surface area is 160 Å². The number of aromatic amines is 1. The second kappa shape index (κ2) is 7.40. The lowest BCUT2D eigenvalue weighted by Crippen LogP contribution is -2.39. The van der Waals surface area contributed by atoms with E-state index in [0.29, 0.717) is 24.7 Å². The number of fused-ring (bicyclic) bond motifs is 1. The lowest BCUT2D eigenvalue weighted by Gasteiger charge is -2.28. The Balaban J connectivity index is 1.52. The van der Waals surface area contributed by atoms with E-state index in [9.17, 15) is 14.3 Å². The molecule has 8 heteroatoms. The molecular weight excluding hydrogens is 363 g/mol. The predicted octanol–water partition coefficient (Wildman–Crippen LogP) is 2.24. The van der Waals surface area contributed by atoms with Crippen molar-refractivity contribution in [3.63, 3.8) is 0 Å². The maximum atomic E-state index is 13.9. The van der Waals surface area contributed by atoms with Crippen LogP contribution < -0.4 is 4.74 Å². The first-order valence-electron chi connectivity index (χ1n) is 8.86. The number of methoxy groups -OCH3 is 1. The number of pyridine rings is 1. The average Bonchev–Trinajstić information content (AvgIpc) is 3.16. The van der Waals surface area contributed by atoms with Crippen LogP contribution >= 0.6 is 0 Å². The van der Waals surface area contributed by atoms with E-state index in [2.05, 4.69) is 15.0 Å². The van der Waals surface area contributed by atoms with Crippen LogP contribution in [-0.2, 0) is 17.8 Å². The van der Waals surface area contributed by atoms with Gasteiger partial charge in [0.25, 0.3) is 5.91 Å². The fourth-order valence-corrected chi connectivity index (χ4v) is 3.26. The number of halogens is 1. The fourth-order valence-electron chi connectivity index (χ4n) is 3.26. The van der Waals surface area contributed by atoms with Crippen LogP contribution in [0.15, 0.2) is 42.6 Å². The Kier molecular flexibility index (Phi) is 4.79. The second-order valence-electron chi connectivity index (χ2n) is 6.53. The molecule has 2 aromatic heterocycles.